The number of amides is 3. The summed E-state index contributed by atoms with van der Waals surface area (Å²) >= 11 is 0. The number of nitrogens with zero attached hydrogens (tertiary/aromatic N) is 1. The lowest BCUT2D eigenvalue weighted by molar-refractivity contribution is -0.137. The van der Waals surface area contributed by atoms with Crippen molar-refractivity contribution < 1.29 is 34.4 Å². The van der Waals surface area contributed by atoms with Gasteiger partial charge in [0, 0.05) is 5.92 Å². The number of carbonyl (C=O) groups is 3. The molecule has 3 N–H and O–H groups in total. The minimum atomic E-state index is -1.04. The number of methoxy groups -OCH3 is 1. The Bertz CT molecular complexity index is 1250. The Morgan fingerprint density at radius 2 is 1.86 bits per heavy atom. The second kappa shape index (κ2) is 11.1. The number of carbonyl (C=O) groups excluding carboxylic acids is 3. The molecule has 3 amide bonds. The number of allylic oxidation sites excluding steroid dienone is 2. The molecule has 0 bridgehead atoms. The highest BCUT2D eigenvalue weighted by molar-refractivity contribution is 6.16. The number of aliphatic hydroxyl groups is 2. The Balaban J connectivity index is 1.60. The normalized spacial score (nSPS) is 22.8. The third-order valence-corrected chi connectivity index (χ3v) is 7.28. The zero-order chi connectivity index (χ0) is 26.7. The van der Waals surface area contributed by atoms with E-state index in [1.165, 1.54) is 0 Å². The molecule has 1 saturated heterocycles. The predicted octanol–water partition coefficient (Wildman–Crippen LogP) is 3.77. The highest BCUT2D eigenvalue weighted by Gasteiger charge is 2.56. The van der Waals surface area contributed by atoms with Crippen molar-refractivity contribution in [3.05, 3.63) is 76.9 Å². The largest absolute Gasteiger partial charge is 0.508 e. The van der Waals surface area contributed by atoms with E-state index in [2.05, 4.69) is 4.74 Å². The summed E-state index contributed by atoms with van der Waals surface area (Å²) in [7, 11) is 1.10. The van der Waals surface area contributed by atoms with Gasteiger partial charge in [0.15, 0.2) is 0 Å². The number of hydrogen-bond donors (Lipinski definition) is 3. The fourth-order valence-electron chi connectivity index (χ4n) is 5.60. The van der Waals surface area contributed by atoms with Gasteiger partial charge in [0.2, 0.25) is 11.8 Å². The average Bonchev–Trinajstić information content (AvgIpc) is 3.14. The monoisotopic (exact) mass is 505 g/mol. The van der Waals surface area contributed by atoms with Gasteiger partial charge in [-0.3, -0.25) is 9.59 Å². The van der Waals surface area contributed by atoms with E-state index in [9.17, 15) is 29.7 Å². The van der Waals surface area contributed by atoms with Crippen LogP contribution in [0.1, 0.15) is 37.3 Å². The lowest BCUT2D eigenvalue weighted by Gasteiger charge is -2.35. The van der Waals surface area contributed by atoms with Crippen LogP contribution >= 0.6 is 0 Å². The molecule has 0 unspecified atom stereocenters. The van der Waals surface area contributed by atoms with E-state index < -0.39 is 48.4 Å². The van der Waals surface area contributed by atoms with E-state index in [0.29, 0.717) is 23.3 Å². The van der Waals surface area contributed by atoms with Crippen LogP contribution in [0.15, 0.2) is 65.7 Å². The molecule has 0 aromatic heterocycles. The standard InChI is InChI=1S/C29H31NO7/c1-17-13-22-26(28(35)30(27(22)34)29(36)37-2)23(16-31)25(17)24(33)12-11-20(19-8-4-3-5-9-19)14-18-7-6-10-21(32)15-18/h3-10,14-15,22-24,26,31-33H,11-13,16H2,1-2H3/b20-14-/t22-,23+,24-,26-/m1/s1. The van der Waals surface area contributed by atoms with Crippen molar-refractivity contribution in [1.29, 1.82) is 0 Å². The van der Waals surface area contributed by atoms with E-state index in [4.69, 9.17) is 0 Å². The van der Waals surface area contributed by atoms with Crippen LogP contribution in [0, 0.1) is 17.8 Å². The lowest BCUT2D eigenvalue weighted by Crippen LogP contribution is -2.39. The van der Waals surface area contributed by atoms with Gasteiger partial charge in [-0.2, -0.15) is 4.90 Å². The molecule has 8 nitrogen and oxygen atoms in total. The van der Waals surface area contributed by atoms with Crippen LogP contribution in [0.2, 0.25) is 0 Å². The van der Waals surface area contributed by atoms with Crippen LogP contribution in [-0.4, -0.2) is 57.9 Å². The van der Waals surface area contributed by atoms with Crippen LogP contribution in [0.25, 0.3) is 11.6 Å². The third-order valence-electron chi connectivity index (χ3n) is 7.28. The van der Waals surface area contributed by atoms with Gasteiger partial charge in [-0.15, -0.1) is 0 Å². The summed E-state index contributed by atoms with van der Waals surface area (Å²) in [5.41, 5.74) is 4.01. The first kappa shape index (κ1) is 26.3. The van der Waals surface area contributed by atoms with Gasteiger partial charge in [0.05, 0.1) is 31.7 Å². The first-order valence-electron chi connectivity index (χ1n) is 12.3. The molecule has 1 aliphatic heterocycles. The van der Waals surface area contributed by atoms with Crippen LogP contribution in [0.3, 0.4) is 0 Å². The van der Waals surface area contributed by atoms with Gasteiger partial charge < -0.3 is 20.1 Å². The number of aromatic hydroxyl groups is 1. The summed E-state index contributed by atoms with van der Waals surface area (Å²) in [6.07, 6.45) is 0.955. The molecule has 1 aliphatic carbocycles. The number of ether oxygens (including phenoxy) is 1. The number of benzene rings is 2. The first-order valence-corrected chi connectivity index (χ1v) is 12.3. The number of phenolic OH excluding ortho intramolecular Hbond substituents is 1. The number of hydrogen-bond acceptors (Lipinski definition) is 7. The van der Waals surface area contributed by atoms with Gasteiger partial charge in [-0.05, 0) is 60.6 Å². The Morgan fingerprint density at radius 3 is 2.51 bits per heavy atom. The van der Waals surface area contributed by atoms with Crippen LogP contribution in [0.5, 0.6) is 5.75 Å². The second-order valence-electron chi connectivity index (χ2n) is 9.53. The maximum absolute atomic E-state index is 13.0. The van der Waals surface area contributed by atoms with Crippen LogP contribution in [-0.2, 0) is 14.3 Å². The van der Waals surface area contributed by atoms with Gasteiger partial charge >= 0.3 is 6.09 Å². The number of imide groups is 3. The molecule has 1 heterocycles. The molecule has 2 aromatic rings. The van der Waals surface area contributed by atoms with E-state index in [-0.39, 0.29) is 12.2 Å². The van der Waals surface area contributed by atoms with Gasteiger partial charge in [-0.1, -0.05) is 54.1 Å². The van der Waals surface area contributed by atoms with Crippen LogP contribution in [0.4, 0.5) is 4.79 Å². The van der Waals surface area contributed by atoms with Crippen molar-refractivity contribution in [3.63, 3.8) is 0 Å². The van der Waals surface area contributed by atoms with Crippen LogP contribution < -0.4 is 0 Å². The molecule has 8 heteroatoms. The molecule has 2 aliphatic rings. The molecule has 37 heavy (non-hydrogen) atoms. The number of phenols is 1. The third kappa shape index (κ3) is 5.21. The molecule has 0 saturated carbocycles. The molecule has 0 radical (unpaired) electrons. The van der Waals surface area contributed by atoms with Gasteiger partial charge in [0.1, 0.15) is 5.75 Å². The molecular formula is C29H31NO7. The summed E-state index contributed by atoms with van der Waals surface area (Å²) in [6.45, 7) is 1.35. The summed E-state index contributed by atoms with van der Waals surface area (Å²) in [5.74, 6) is -3.66. The molecule has 194 valence electrons. The Morgan fingerprint density at radius 1 is 1.14 bits per heavy atom. The summed E-state index contributed by atoms with van der Waals surface area (Å²) in [6, 6.07) is 16.6. The van der Waals surface area contributed by atoms with E-state index in [1.807, 2.05) is 42.5 Å². The fraction of sp³-hybridized carbons (Fsp3) is 0.345. The van der Waals surface area contributed by atoms with E-state index in [0.717, 1.165) is 29.4 Å². The maximum atomic E-state index is 13.0. The average molecular weight is 506 g/mol. The molecule has 0 spiro atoms. The number of aliphatic hydroxyl groups excluding tert-OH is 2. The zero-order valence-electron chi connectivity index (χ0n) is 20.8. The molecule has 1 fully saturated rings. The number of fused-ring (bicyclic) bond motifs is 1. The molecular weight excluding hydrogens is 474 g/mol. The number of rotatable bonds is 7. The Hall–Kier alpha value is -3.75. The van der Waals surface area contributed by atoms with E-state index >= 15 is 0 Å². The molecule has 4 rings (SSSR count). The van der Waals surface area contributed by atoms with Crippen molar-refractivity contribution in [2.24, 2.45) is 17.8 Å². The van der Waals surface area contributed by atoms with Gasteiger partial charge in [0.25, 0.3) is 0 Å². The second-order valence-corrected chi connectivity index (χ2v) is 9.53. The fourth-order valence-corrected chi connectivity index (χ4v) is 5.60. The topological polar surface area (TPSA) is 124 Å². The molecule has 4 atom stereocenters. The SMILES string of the molecule is COC(=O)N1C(=O)[C@@H]2[C@@H](CC(C)=C([C@H](O)CC/C(=C/c3cccc(O)c3)c3ccccc3)[C@@H]2CO)C1=O. The predicted molar refractivity (Wildman–Crippen MR) is 137 cm³/mol. The number of likely N-dealkylation sites (tertiary alicyclic amines) is 1. The summed E-state index contributed by atoms with van der Waals surface area (Å²) < 4.78 is 4.61. The van der Waals surface area contributed by atoms with Crippen molar-refractivity contribution in [3.8, 4) is 5.75 Å². The Kier molecular flexibility index (Phi) is 7.90. The highest BCUT2D eigenvalue weighted by Crippen LogP contribution is 2.46. The highest BCUT2D eigenvalue weighted by atomic mass is 16.5. The van der Waals surface area contributed by atoms with E-state index in [1.54, 1.807) is 25.1 Å². The lowest BCUT2D eigenvalue weighted by atomic mass is 9.68. The minimum absolute atomic E-state index is 0.154. The smallest absolute Gasteiger partial charge is 0.423 e. The maximum Gasteiger partial charge on any atom is 0.423 e. The summed E-state index contributed by atoms with van der Waals surface area (Å²) in [5, 5.41) is 31.4. The minimum Gasteiger partial charge on any atom is -0.508 e. The summed E-state index contributed by atoms with van der Waals surface area (Å²) in [4.78, 5) is 38.4. The quantitative estimate of drug-likeness (QED) is 0.297. The zero-order valence-corrected chi connectivity index (χ0v) is 20.8. The van der Waals surface area contributed by atoms with Crippen molar-refractivity contribution in [1.82, 2.24) is 4.90 Å². The van der Waals surface area contributed by atoms with Crippen molar-refractivity contribution in [2.75, 3.05) is 13.7 Å². The molecule has 2 aromatic carbocycles. The van der Waals surface area contributed by atoms with Crippen molar-refractivity contribution >= 4 is 29.6 Å². The van der Waals surface area contributed by atoms with Gasteiger partial charge in [-0.25, -0.2) is 4.79 Å². The Labute approximate surface area is 215 Å². The van der Waals surface area contributed by atoms with Crippen molar-refractivity contribution in [2.45, 2.75) is 32.3 Å². The first-order chi connectivity index (χ1) is 17.8.